The number of aromatic nitrogens is 4. The van der Waals surface area contributed by atoms with Crippen molar-refractivity contribution in [1.29, 1.82) is 0 Å². The van der Waals surface area contributed by atoms with Crippen LogP contribution in [-0.2, 0) is 0 Å². The van der Waals surface area contributed by atoms with E-state index in [9.17, 15) is 0 Å². The lowest BCUT2D eigenvalue weighted by Gasteiger charge is -2.09. The van der Waals surface area contributed by atoms with Gasteiger partial charge in [-0.2, -0.15) is 9.97 Å². The minimum absolute atomic E-state index is 0.560. The van der Waals surface area contributed by atoms with E-state index in [-0.39, 0.29) is 0 Å². The molecule has 0 bridgehead atoms. The van der Waals surface area contributed by atoms with Crippen molar-refractivity contribution in [3.8, 4) is 0 Å². The first-order valence-electron chi connectivity index (χ1n) is 6.24. The summed E-state index contributed by atoms with van der Waals surface area (Å²) in [5.74, 6) is 1.26. The van der Waals surface area contributed by atoms with Gasteiger partial charge in [-0.15, -0.1) is 0 Å². The van der Waals surface area contributed by atoms with Gasteiger partial charge in [-0.3, -0.25) is 0 Å². The van der Waals surface area contributed by atoms with Crippen molar-refractivity contribution >= 4 is 44.5 Å². The molecule has 2 heterocycles. The van der Waals surface area contributed by atoms with E-state index in [4.69, 9.17) is 0 Å². The van der Waals surface area contributed by atoms with Gasteiger partial charge in [0.2, 0.25) is 5.95 Å². The lowest BCUT2D eigenvalue weighted by Crippen LogP contribution is -2.05. The highest BCUT2D eigenvalue weighted by atomic mass is 79.9. The molecule has 1 aromatic carbocycles. The number of fused-ring (bicyclic) bond motifs is 1. The summed E-state index contributed by atoms with van der Waals surface area (Å²) in [5, 5.41) is 6.38. The summed E-state index contributed by atoms with van der Waals surface area (Å²) in [6.45, 7) is 2.76. The Bertz CT molecular complexity index is 739. The molecule has 2 aromatic heterocycles. The highest BCUT2D eigenvalue weighted by molar-refractivity contribution is 9.10. The first kappa shape index (κ1) is 12.9. The van der Waals surface area contributed by atoms with Gasteiger partial charge in [0.15, 0.2) is 11.5 Å². The number of hydrogen-bond acceptors (Lipinski definition) is 5. The third-order valence-electron chi connectivity index (χ3n) is 2.71. The average molecular weight is 333 g/mol. The smallest absolute Gasteiger partial charge is 0.226 e. The van der Waals surface area contributed by atoms with Gasteiger partial charge >= 0.3 is 0 Å². The Morgan fingerprint density at radius 3 is 3.00 bits per heavy atom. The molecule has 3 rings (SSSR count). The molecule has 102 valence electrons. The molecule has 3 aromatic rings. The van der Waals surface area contributed by atoms with Crippen LogP contribution in [0.5, 0.6) is 0 Å². The molecule has 0 aliphatic carbocycles. The van der Waals surface area contributed by atoms with Gasteiger partial charge < -0.3 is 15.6 Å². The van der Waals surface area contributed by atoms with Crippen LogP contribution in [0.15, 0.2) is 35.1 Å². The second-order valence-corrected chi connectivity index (χ2v) is 5.08. The molecular formula is C13H13BrN6. The molecule has 0 saturated heterocycles. The van der Waals surface area contributed by atoms with E-state index in [1.54, 1.807) is 6.33 Å². The molecule has 0 unspecified atom stereocenters. The fourth-order valence-electron chi connectivity index (χ4n) is 1.86. The zero-order valence-corrected chi connectivity index (χ0v) is 12.4. The first-order valence-corrected chi connectivity index (χ1v) is 7.03. The van der Waals surface area contributed by atoms with Crippen LogP contribution in [0, 0.1) is 0 Å². The fourth-order valence-corrected chi connectivity index (χ4v) is 2.26. The minimum atomic E-state index is 0.560. The Morgan fingerprint density at radius 2 is 2.20 bits per heavy atom. The van der Waals surface area contributed by atoms with Crippen molar-refractivity contribution in [2.75, 3.05) is 17.2 Å². The van der Waals surface area contributed by atoms with E-state index >= 15 is 0 Å². The van der Waals surface area contributed by atoms with Crippen LogP contribution in [-0.4, -0.2) is 26.5 Å². The number of halogens is 1. The number of nitrogens with zero attached hydrogens (tertiary/aromatic N) is 3. The fraction of sp³-hybridized carbons (Fsp3) is 0.154. The summed E-state index contributed by atoms with van der Waals surface area (Å²) in [7, 11) is 0. The molecule has 0 fully saturated rings. The zero-order chi connectivity index (χ0) is 13.9. The van der Waals surface area contributed by atoms with Crippen molar-refractivity contribution in [3.63, 3.8) is 0 Å². The number of nitrogens with one attached hydrogen (secondary N) is 3. The maximum Gasteiger partial charge on any atom is 0.226 e. The topological polar surface area (TPSA) is 78.5 Å². The van der Waals surface area contributed by atoms with Gasteiger partial charge in [0.05, 0.1) is 6.33 Å². The molecule has 0 aliphatic heterocycles. The second-order valence-electron chi connectivity index (χ2n) is 4.16. The van der Waals surface area contributed by atoms with Crippen LogP contribution in [0.2, 0.25) is 0 Å². The summed E-state index contributed by atoms with van der Waals surface area (Å²) < 4.78 is 1.00. The SMILES string of the molecule is CCNc1nc(Nc2cccc(Br)c2)c2[nH]cnc2n1. The third kappa shape index (κ3) is 2.57. The molecule has 0 atom stereocenters. The number of H-pyrrole nitrogens is 1. The highest BCUT2D eigenvalue weighted by Gasteiger charge is 2.09. The molecule has 0 amide bonds. The average Bonchev–Trinajstić information content (AvgIpc) is 2.87. The number of aromatic amines is 1. The van der Waals surface area contributed by atoms with E-state index in [0.29, 0.717) is 17.4 Å². The van der Waals surface area contributed by atoms with E-state index in [0.717, 1.165) is 22.2 Å². The largest absolute Gasteiger partial charge is 0.354 e. The van der Waals surface area contributed by atoms with Crippen LogP contribution in [0.1, 0.15) is 6.92 Å². The Hall–Kier alpha value is -2.15. The molecule has 0 saturated carbocycles. The maximum atomic E-state index is 4.47. The van der Waals surface area contributed by atoms with Crippen molar-refractivity contribution in [2.45, 2.75) is 6.92 Å². The van der Waals surface area contributed by atoms with E-state index < -0.39 is 0 Å². The summed E-state index contributed by atoms with van der Waals surface area (Å²) in [4.78, 5) is 16.0. The lowest BCUT2D eigenvalue weighted by atomic mass is 10.3. The summed E-state index contributed by atoms with van der Waals surface area (Å²) in [6, 6.07) is 7.89. The molecule has 20 heavy (non-hydrogen) atoms. The Morgan fingerprint density at radius 1 is 1.30 bits per heavy atom. The standard InChI is InChI=1S/C13H13BrN6/c1-2-15-13-19-11-10(16-7-17-11)12(20-13)18-9-5-3-4-8(14)6-9/h3-7H,2H2,1H3,(H3,15,16,17,18,19,20). The predicted octanol–water partition coefficient (Wildman–Crippen LogP) is 3.29. The third-order valence-corrected chi connectivity index (χ3v) is 3.20. The van der Waals surface area contributed by atoms with Gasteiger partial charge in [0.1, 0.15) is 5.52 Å². The van der Waals surface area contributed by atoms with Crippen LogP contribution < -0.4 is 10.6 Å². The number of hydrogen-bond donors (Lipinski definition) is 3. The van der Waals surface area contributed by atoms with Gasteiger partial charge in [0, 0.05) is 16.7 Å². The molecule has 6 nitrogen and oxygen atoms in total. The van der Waals surface area contributed by atoms with Crippen molar-refractivity contribution < 1.29 is 0 Å². The minimum Gasteiger partial charge on any atom is -0.354 e. The van der Waals surface area contributed by atoms with E-state index in [1.807, 2.05) is 31.2 Å². The van der Waals surface area contributed by atoms with E-state index in [1.165, 1.54) is 0 Å². The molecule has 0 aliphatic rings. The monoisotopic (exact) mass is 332 g/mol. The van der Waals surface area contributed by atoms with Crippen LogP contribution >= 0.6 is 15.9 Å². The Kier molecular flexibility index (Phi) is 3.51. The van der Waals surface area contributed by atoms with Crippen LogP contribution in [0.4, 0.5) is 17.5 Å². The van der Waals surface area contributed by atoms with Gasteiger partial charge in [-0.1, -0.05) is 22.0 Å². The summed E-state index contributed by atoms with van der Waals surface area (Å²) >= 11 is 3.45. The number of rotatable bonds is 4. The number of imidazole rings is 1. The van der Waals surface area contributed by atoms with Crippen molar-refractivity contribution in [1.82, 2.24) is 19.9 Å². The Labute approximate surface area is 124 Å². The zero-order valence-electron chi connectivity index (χ0n) is 10.8. The predicted molar refractivity (Wildman–Crippen MR) is 83.3 cm³/mol. The van der Waals surface area contributed by atoms with Crippen LogP contribution in [0.3, 0.4) is 0 Å². The number of anilines is 3. The van der Waals surface area contributed by atoms with E-state index in [2.05, 4.69) is 46.5 Å². The Balaban J connectivity index is 2.02. The summed E-state index contributed by atoms with van der Waals surface area (Å²) in [6.07, 6.45) is 1.61. The first-order chi connectivity index (χ1) is 9.76. The van der Waals surface area contributed by atoms with Crippen molar-refractivity contribution in [2.24, 2.45) is 0 Å². The lowest BCUT2D eigenvalue weighted by molar-refractivity contribution is 1.10. The summed E-state index contributed by atoms with van der Waals surface area (Å²) in [5.41, 5.74) is 2.36. The van der Waals surface area contributed by atoms with Crippen LogP contribution in [0.25, 0.3) is 11.2 Å². The molecule has 0 spiro atoms. The van der Waals surface area contributed by atoms with Gasteiger partial charge in [-0.05, 0) is 25.1 Å². The van der Waals surface area contributed by atoms with Gasteiger partial charge in [-0.25, -0.2) is 4.98 Å². The molecular weight excluding hydrogens is 320 g/mol. The normalized spacial score (nSPS) is 10.7. The number of benzene rings is 1. The van der Waals surface area contributed by atoms with Crippen molar-refractivity contribution in [3.05, 3.63) is 35.1 Å². The molecule has 7 heteroatoms. The quantitative estimate of drug-likeness (QED) is 0.683. The molecule has 0 radical (unpaired) electrons. The van der Waals surface area contributed by atoms with Gasteiger partial charge in [0.25, 0.3) is 0 Å². The highest BCUT2D eigenvalue weighted by Crippen LogP contribution is 2.24. The maximum absolute atomic E-state index is 4.47. The second kappa shape index (κ2) is 5.46. The molecule has 3 N–H and O–H groups in total.